The van der Waals surface area contributed by atoms with Gasteiger partial charge in [-0.25, -0.2) is 4.98 Å². The maximum absolute atomic E-state index is 11.4. The van der Waals surface area contributed by atoms with Crippen LogP contribution < -0.4 is 10.5 Å². The molecule has 1 atom stereocenters. The van der Waals surface area contributed by atoms with Gasteiger partial charge in [0.2, 0.25) is 0 Å². The minimum atomic E-state index is -1.97. The molecule has 1 unspecified atom stereocenters. The van der Waals surface area contributed by atoms with Gasteiger partial charge in [-0.05, 0) is 66.0 Å². The molecule has 8 heteroatoms. The molecule has 178 valence electrons. The summed E-state index contributed by atoms with van der Waals surface area (Å²) in [5.74, 6) is 0.346. The number of hydrogen-bond donors (Lipinski definition) is 1. The molecule has 2 aromatic carbocycles. The van der Waals surface area contributed by atoms with E-state index < -0.39 is 14.2 Å². The van der Waals surface area contributed by atoms with Crippen molar-refractivity contribution >= 4 is 40.9 Å². The summed E-state index contributed by atoms with van der Waals surface area (Å²) >= 11 is 3.51. The van der Waals surface area contributed by atoms with E-state index in [-0.39, 0.29) is 16.8 Å². The second kappa shape index (κ2) is 10.4. The highest BCUT2D eigenvalue weighted by Gasteiger charge is 2.39. The van der Waals surface area contributed by atoms with Crippen LogP contribution in [0.4, 0.5) is 0 Å². The molecule has 3 aromatic rings. The molecule has 1 aromatic heterocycles. The first-order chi connectivity index (χ1) is 15.4. The van der Waals surface area contributed by atoms with E-state index in [0.717, 1.165) is 28.5 Å². The topological polar surface area (TPSA) is 79.4 Å². The maximum Gasteiger partial charge on any atom is 0.268 e. The molecule has 0 radical (unpaired) electrons. The van der Waals surface area contributed by atoms with Gasteiger partial charge in [0.1, 0.15) is 11.4 Å². The molecule has 0 aliphatic rings. The zero-order valence-electron chi connectivity index (χ0n) is 20.1. The van der Waals surface area contributed by atoms with E-state index in [1.54, 1.807) is 12.5 Å². The van der Waals surface area contributed by atoms with Crippen LogP contribution in [-0.4, -0.2) is 36.5 Å². The molecule has 0 spiro atoms. The number of carbonyl (C=O) groups excluding carboxylic acids is 1. The van der Waals surface area contributed by atoms with Crippen LogP contribution in [0.2, 0.25) is 18.1 Å². The third-order valence-corrected chi connectivity index (χ3v) is 11.3. The molecule has 0 aliphatic carbocycles. The molecule has 2 N–H and O–H groups in total. The van der Waals surface area contributed by atoms with Gasteiger partial charge < -0.3 is 19.5 Å². The van der Waals surface area contributed by atoms with Gasteiger partial charge in [0.25, 0.3) is 5.91 Å². The zero-order valence-corrected chi connectivity index (χ0v) is 22.7. The number of amides is 1. The first kappa shape index (κ1) is 25.5. The Labute approximate surface area is 205 Å². The number of halogens is 1. The lowest BCUT2D eigenvalue weighted by Crippen LogP contribution is -2.45. The SMILES string of the molecule is CC(C)(C)[Si](C)(C)OC(CCCOc1ccc2cc(Br)ccc2c1)Cn1cnc(C(N)=O)c1. The Kier molecular flexibility index (Phi) is 8.03. The largest absolute Gasteiger partial charge is 0.494 e. The molecular weight excluding hydrogens is 498 g/mol. The molecular formula is C25H34BrN3O3Si. The lowest BCUT2D eigenvalue weighted by Gasteiger charge is -2.39. The Hall–Kier alpha value is -2.16. The molecule has 0 saturated heterocycles. The highest BCUT2D eigenvalue weighted by atomic mass is 79.9. The predicted molar refractivity (Wildman–Crippen MR) is 139 cm³/mol. The number of ether oxygens (including phenoxy) is 1. The van der Waals surface area contributed by atoms with Crippen molar-refractivity contribution in [3.63, 3.8) is 0 Å². The van der Waals surface area contributed by atoms with Crippen molar-refractivity contribution in [2.75, 3.05) is 6.61 Å². The summed E-state index contributed by atoms with van der Waals surface area (Å²) in [7, 11) is -1.97. The Morgan fingerprint density at radius 1 is 1.18 bits per heavy atom. The number of nitrogens with zero attached hydrogens (tertiary/aromatic N) is 2. The Balaban J connectivity index is 1.62. The van der Waals surface area contributed by atoms with E-state index in [1.165, 1.54) is 5.39 Å². The second-order valence-corrected chi connectivity index (χ2v) is 15.6. The van der Waals surface area contributed by atoms with Gasteiger partial charge in [-0.2, -0.15) is 0 Å². The third kappa shape index (κ3) is 6.91. The van der Waals surface area contributed by atoms with Crippen molar-refractivity contribution in [2.45, 2.75) is 64.4 Å². The Bertz CT molecular complexity index is 1110. The lowest BCUT2D eigenvalue weighted by molar-refractivity contribution is 0.0995. The smallest absolute Gasteiger partial charge is 0.268 e. The number of carbonyl (C=O) groups is 1. The molecule has 0 bridgehead atoms. The number of rotatable bonds is 10. The summed E-state index contributed by atoms with van der Waals surface area (Å²) in [6.07, 6.45) is 5.03. The Morgan fingerprint density at radius 3 is 2.55 bits per heavy atom. The summed E-state index contributed by atoms with van der Waals surface area (Å²) in [5, 5.41) is 2.44. The predicted octanol–water partition coefficient (Wildman–Crippen LogP) is 6.15. The van der Waals surface area contributed by atoms with E-state index >= 15 is 0 Å². The minimum Gasteiger partial charge on any atom is -0.494 e. The molecule has 0 fully saturated rings. The van der Waals surface area contributed by atoms with Gasteiger partial charge in [0.15, 0.2) is 8.32 Å². The van der Waals surface area contributed by atoms with Crippen molar-refractivity contribution in [1.82, 2.24) is 9.55 Å². The Morgan fingerprint density at radius 2 is 1.88 bits per heavy atom. The molecule has 1 heterocycles. The number of imidazole rings is 1. The standard InChI is InChI=1S/C25H34BrN3O3Si/c1-25(2,3)33(4,5)32-22(15-29-16-23(24(27)30)28-17-29)7-6-12-31-21-11-9-18-13-20(26)10-8-19(18)14-21/h8-11,13-14,16-17,22H,6-7,12,15H2,1-5H3,(H2,27,30). The summed E-state index contributed by atoms with van der Waals surface area (Å²) in [6.45, 7) is 12.5. The number of aromatic nitrogens is 2. The van der Waals surface area contributed by atoms with Crippen LogP contribution in [0.3, 0.4) is 0 Å². The molecule has 0 saturated carbocycles. The highest BCUT2D eigenvalue weighted by Crippen LogP contribution is 2.38. The second-order valence-electron chi connectivity index (χ2n) is 9.96. The molecule has 3 rings (SSSR count). The van der Waals surface area contributed by atoms with Gasteiger partial charge in [-0.15, -0.1) is 0 Å². The number of benzene rings is 2. The number of hydrogen-bond acceptors (Lipinski definition) is 4. The van der Waals surface area contributed by atoms with Gasteiger partial charge in [0.05, 0.1) is 19.0 Å². The van der Waals surface area contributed by atoms with Crippen LogP contribution in [0.1, 0.15) is 44.1 Å². The van der Waals surface area contributed by atoms with Crippen LogP contribution in [-0.2, 0) is 11.0 Å². The van der Waals surface area contributed by atoms with Crippen LogP contribution in [0.15, 0.2) is 53.4 Å². The summed E-state index contributed by atoms with van der Waals surface area (Å²) in [4.78, 5) is 15.5. The number of primary amides is 1. The van der Waals surface area contributed by atoms with E-state index in [0.29, 0.717) is 13.2 Å². The molecule has 0 aliphatic heterocycles. The summed E-state index contributed by atoms with van der Waals surface area (Å²) in [6, 6.07) is 12.4. The number of fused-ring (bicyclic) bond motifs is 1. The van der Waals surface area contributed by atoms with Crippen molar-refractivity contribution in [1.29, 1.82) is 0 Å². The minimum absolute atomic E-state index is 0.00151. The van der Waals surface area contributed by atoms with Crippen molar-refractivity contribution in [2.24, 2.45) is 5.73 Å². The van der Waals surface area contributed by atoms with Crippen LogP contribution in [0, 0.1) is 0 Å². The summed E-state index contributed by atoms with van der Waals surface area (Å²) < 4.78 is 15.7. The fraction of sp³-hybridized carbons (Fsp3) is 0.440. The van der Waals surface area contributed by atoms with Crippen molar-refractivity contribution in [3.05, 3.63) is 59.1 Å². The lowest BCUT2D eigenvalue weighted by atomic mass is 10.1. The van der Waals surface area contributed by atoms with E-state index in [1.807, 2.05) is 16.7 Å². The quantitative estimate of drug-likeness (QED) is 0.251. The first-order valence-electron chi connectivity index (χ1n) is 11.3. The van der Waals surface area contributed by atoms with Crippen LogP contribution in [0.25, 0.3) is 10.8 Å². The van der Waals surface area contributed by atoms with E-state index in [9.17, 15) is 4.79 Å². The molecule has 33 heavy (non-hydrogen) atoms. The maximum atomic E-state index is 11.4. The van der Waals surface area contributed by atoms with Gasteiger partial charge in [-0.1, -0.05) is 48.8 Å². The van der Waals surface area contributed by atoms with E-state index in [2.05, 4.69) is 79.0 Å². The highest BCUT2D eigenvalue weighted by molar-refractivity contribution is 9.10. The molecule has 1 amide bonds. The summed E-state index contributed by atoms with van der Waals surface area (Å²) in [5.41, 5.74) is 5.63. The fourth-order valence-corrected chi connectivity index (χ4v) is 5.15. The van der Waals surface area contributed by atoms with Crippen molar-refractivity contribution < 1.29 is 14.0 Å². The third-order valence-electron chi connectivity index (χ3n) is 6.28. The molecule has 6 nitrogen and oxygen atoms in total. The fourth-order valence-electron chi connectivity index (χ4n) is 3.39. The normalized spacial score (nSPS) is 13.3. The van der Waals surface area contributed by atoms with Crippen LogP contribution >= 0.6 is 15.9 Å². The van der Waals surface area contributed by atoms with Gasteiger partial charge >= 0.3 is 0 Å². The van der Waals surface area contributed by atoms with Gasteiger partial charge in [0, 0.05) is 17.2 Å². The first-order valence-corrected chi connectivity index (χ1v) is 15.0. The van der Waals surface area contributed by atoms with E-state index in [4.69, 9.17) is 14.9 Å². The average Bonchev–Trinajstić information content (AvgIpc) is 3.19. The average molecular weight is 533 g/mol. The van der Waals surface area contributed by atoms with Gasteiger partial charge in [-0.3, -0.25) is 4.79 Å². The van der Waals surface area contributed by atoms with Crippen molar-refractivity contribution in [3.8, 4) is 5.75 Å². The zero-order chi connectivity index (χ0) is 24.2. The monoisotopic (exact) mass is 531 g/mol. The number of nitrogens with two attached hydrogens (primary N) is 1. The van der Waals surface area contributed by atoms with Crippen LogP contribution in [0.5, 0.6) is 5.75 Å².